The minimum absolute atomic E-state index is 0.00120. The van der Waals surface area contributed by atoms with Crippen molar-refractivity contribution in [2.75, 3.05) is 13.2 Å². The van der Waals surface area contributed by atoms with Crippen LogP contribution in [0.3, 0.4) is 0 Å². The molecule has 0 spiro atoms. The van der Waals surface area contributed by atoms with E-state index in [2.05, 4.69) is 27.0 Å². The highest BCUT2D eigenvalue weighted by atomic mass is 32.1. The van der Waals surface area contributed by atoms with E-state index < -0.39 is 53.2 Å². The number of aliphatic hydroxyl groups excluding tert-OH is 1. The van der Waals surface area contributed by atoms with E-state index in [1.54, 1.807) is 32.1 Å². The Morgan fingerprint density at radius 1 is 0.951 bits per heavy atom. The molecule has 0 bridgehead atoms. The van der Waals surface area contributed by atoms with E-state index in [9.17, 15) is 29.1 Å². The average molecular weight is 863 g/mol. The van der Waals surface area contributed by atoms with Gasteiger partial charge in [0.25, 0.3) is 0 Å². The first-order valence-electron chi connectivity index (χ1n) is 21.2. The predicted molar refractivity (Wildman–Crippen MR) is 237 cm³/mol. The minimum Gasteiger partial charge on any atom is -0.491 e. The standard InChI is InChI=1S/C46H66N6O8S/c1-28-21-31(23-36(22-28)59-26-34(19-20-38(47)54)50-44(58)60-46(7,8)9)13-11-10-12-14-39(55)51-41(45(4,5)6)43(57)52-25-35(53)24-37(52)42(56)49-29(2)32-15-17-33(18-16-32)40-30(3)48-27-61-40/h15-18,21-23,27,29,34-35,37,41,53H,10-14,19-20,24-26H2,1-9H3,(H2,47,54)(H,49,56)(H,50,58)(H,51,55)/t29-,34-,35+,37-,41+/m0/s1. The van der Waals surface area contributed by atoms with Crippen LogP contribution in [-0.4, -0.2) is 87.7 Å². The molecule has 4 rings (SSSR count). The number of rotatable bonds is 19. The number of carbonyl (C=O) groups is 5. The van der Waals surface area contributed by atoms with Crippen molar-refractivity contribution in [3.05, 3.63) is 70.4 Å². The summed E-state index contributed by atoms with van der Waals surface area (Å²) in [4.78, 5) is 71.8. The lowest BCUT2D eigenvalue weighted by molar-refractivity contribution is -0.144. The molecule has 0 unspecified atom stereocenters. The molecule has 61 heavy (non-hydrogen) atoms. The van der Waals surface area contributed by atoms with Crippen LogP contribution in [0.25, 0.3) is 10.4 Å². The Labute approximate surface area is 364 Å². The Kier molecular flexibility index (Phi) is 17.3. The zero-order valence-electron chi connectivity index (χ0n) is 37.3. The van der Waals surface area contributed by atoms with Crippen molar-refractivity contribution in [2.45, 2.75) is 150 Å². The van der Waals surface area contributed by atoms with Crippen molar-refractivity contribution in [1.82, 2.24) is 25.8 Å². The summed E-state index contributed by atoms with van der Waals surface area (Å²) in [5.41, 5.74) is 10.8. The van der Waals surface area contributed by atoms with E-state index in [0.717, 1.165) is 52.1 Å². The number of hydrogen-bond donors (Lipinski definition) is 5. The van der Waals surface area contributed by atoms with E-state index in [0.29, 0.717) is 18.6 Å². The molecular weight excluding hydrogens is 797 g/mol. The third-order valence-electron chi connectivity index (χ3n) is 10.5. The second-order valence-corrected chi connectivity index (χ2v) is 19.1. The quantitative estimate of drug-likeness (QED) is 0.0842. The number of amides is 5. The van der Waals surface area contributed by atoms with Crippen molar-refractivity contribution in [3.8, 4) is 16.2 Å². The Bertz CT molecular complexity index is 1970. The Morgan fingerprint density at radius 3 is 2.28 bits per heavy atom. The molecule has 2 heterocycles. The van der Waals surface area contributed by atoms with Gasteiger partial charge in [0, 0.05) is 25.8 Å². The highest BCUT2D eigenvalue weighted by Gasteiger charge is 2.44. The second-order valence-electron chi connectivity index (χ2n) is 18.3. The summed E-state index contributed by atoms with van der Waals surface area (Å²) in [6.45, 7) is 16.9. The highest BCUT2D eigenvalue weighted by molar-refractivity contribution is 7.13. The van der Waals surface area contributed by atoms with Crippen LogP contribution in [0.2, 0.25) is 0 Å². The largest absolute Gasteiger partial charge is 0.491 e. The van der Waals surface area contributed by atoms with Crippen molar-refractivity contribution < 1.29 is 38.6 Å². The number of nitrogens with zero attached hydrogens (tertiary/aromatic N) is 2. The van der Waals surface area contributed by atoms with Crippen LogP contribution in [0.1, 0.15) is 122 Å². The van der Waals surface area contributed by atoms with Crippen LogP contribution in [0.15, 0.2) is 48.0 Å². The predicted octanol–water partition coefficient (Wildman–Crippen LogP) is 6.44. The van der Waals surface area contributed by atoms with Crippen molar-refractivity contribution in [3.63, 3.8) is 0 Å². The molecule has 1 aromatic heterocycles. The van der Waals surface area contributed by atoms with Gasteiger partial charge >= 0.3 is 6.09 Å². The first-order chi connectivity index (χ1) is 28.6. The molecule has 1 saturated heterocycles. The number of unbranched alkanes of at least 4 members (excludes halogenated alkanes) is 2. The van der Waals surface area contributed by atoms with Crippen molar-refractivity contribution in [2.24, 2.45) is 11.1 Å². The number of thiazole rings is 1. The zero-order chi connectivity index (χ0) is 45.1. The average Bonchev–Trinajstić information content (AvgIpc) is 3.78. The fourth-order valence-electron chi connectivity index (χ4n) is 7.28. The van der Waals surface area contributed by atoms with E-state index >= 15 is 0 Å². The zero-order valence-corrected chi connectivity index (χ0v) is 38.1. The number of nitrogens with one attached hydrogen (secondary N) is 3. The van der Waals surface area contributed by atoms with E-state index in [4.69, 9.17) is 15.2 Å². The van der Waals surface area contributed by atoms with Gasteiger partial charge in [-0.25, -0.2) is 9.78 Å². The van der Waals surface area contributed by atoms with E-state index in [-0.39, 0.29) is 50.3 Å². The molecule has 5 amide bonds. The normalized spacial score (nSPS) is 16.9. The Balaban J connectivity index is 1.27. The number of nitrogens with two attached hydrogens (primary N) is 1. The van der Waals surface area contributed by atoms with Crippen LogP contribution in [0.4, 0.5) is 4.79 Å². The summed E-state index contributed by atoms with van der Waals surface area (Å²) in [6.07, 6.45) is 2.20. The van der Waals surface area contributed by atoms with Gasteiger partial charge in [0.1, 0.15) is 30.0 Å². The minimum atomic E-state index is -0.902. The first kappa shape index (κ1) is 48.6. The molecule has 0 radical (unpaired) electrons. The van der Waals surface area contributed by atoms with Crippen molar-refractivity contribution in [1.29, 1.82) is 0 Å². The van der Waals surface area contributed by atoms with E-state index in [1.807, 2.05) is 83.5 Å². The van der Waals surface area contributed by atoms with Gasteiger partial charge in [-0.2, -0.15) is 0 Å². The number of carbonyl (C=O) groups excluding carboxylic acids is 5. The molecule has 2 aromatic carbocycles. The molecule has 3 aromatic rings. The molecule has 334 valence electrons. The molecular formula is C46H66N6O8S. The van der Waals surface area contributed by atoms with Gasteiger partial charge in [-0.15, -0.1) is 11.3 Å². The maximum atomic E-state index is 14.1. The molecule has 0 saturated carbocycles. The molecule has 5 atom stereocenters. The topological polar surface area (TPSA) is 202 Å². The van der Waals surface area contributed by atoms with Gasteiger partial charge in [-0.1, -0.05) is 57.5 Å². The van der Waals surface area contributed by atoms with Crippen molar-refractivity contribution >= 4 is 41.1 Å². The second kappa shape index (κ2) is 21.7. The first-order valence-corrected chi connectivity index (χ1v) is 22.1. The fraction of sp³-hybridized carbons (Fsp3) is 0.565. The SMILES string of the molecule is Cc1cc(CCCCCC(=O)N[C@H](C(=O)N2C[C@H](O)C[C@H]2C(=O)N[C@@H](C)c2ccc(-c3scnc3C)cc2)C(C)(C)C)cc(OC[C@H](CCC(N)=O)NC(=O)OC(C)(C)C)c1. The number of aryl methyl sites for hydroxylation is 3. The van der Waals surface area contributed by atoms with Gasteiger partial charge < -0.3 is 41.2 Å². The van der Waals surface area contributed by atoms with Gasteiger partial charge in [-0.05, 0) is 107 Å². The van der Waals surface area contributed by atoms with Gasteiger partial charge in [0.05, 0.1) is 34.3 Å². The maximum absolute atomic E-state index is 14.1. The van der Waals surface area contributed by atoms with Crippen LogP contribution >= 0.6 is 11.3 Å². The lowest BCUT2D eigenvalue weighted by Crippen LogP contribution is -2.57. The lowest BCUT2D eigenvalue weighted by atomic mass is 9.85. The number of hydrogen-bond acceptors (Lipinski definition) is 10. The molecule has 15 heteroatoms. The number of aliphatic hydroxyl groups is 1. The smallest absolute Gasteiger partial charge is 0.407 e. The molecule has 1 aliphatic rings. The van der Waals surface area contributed by atoms with Gasteiger partial charge in [0.2, 0.25) is 23.6 Å². The fourth-order valence-corrected chi connectivity index (χ4v) is 8.09. The number of alkyl carbamates (subject to hydrolysis) is 1. The molecule has 1 fully saturated rings. The summed E-state index contributed by atoms with van der Waals surface area (Å²) < 4.78 is 11.4. The monoisotopic (exact) mass is 862 g/mol. The summed E-state index contributed by atoms with van der Waals surface area (Å²) in [7, 11) is 0. The number of benzene rings is 2. The Hall–Kier alpha value is -5.02. The summed E-state index contributed by atoms with van der Waals surface area (Å²) in [5.74, 6) is -0.845. The number of primary amides is 1. The number of β-amino-alcohol motifs (C(OH)–C–C–N with tert-alkyl or cyclic N) is 1. The molecule has 1 aliphatic heterocycles. The molecule has 0 aliphatic carbocycles. The van der Waals surface area contributed by atoms with Crippen LogP contribution in [0.5, 0.6) is 5.75 Å². The van der Waals surface area contributed by atoms with Gasteiger partial charge in [0.15, 0.2) is 0 Å². The van der Waals surface area contributed by atoms with Crippen LogP contribution in [-0.2, 0) is 30.3 Å². The Morgan fingerprint density at radius 2 is 1.66 bits per heavy atom. The van der Waals surface area contributed by atoms with Crippen LogP contribution < -0.4 is 26.4 Å². The molecule has 14 nitrogen and oxygen atoms in total. The summed E-state index contributed by atoms with van der Waals surface area (Å²) in [6, 6.07) is 11.3. The highest BCUT2D eigenvalue weighted by Crippen LogP contribution is 2.30. The number of likely N-dealkylation sites (tertiary alicyclic amines) is 1. The summed E-state index contributed by atoms with van der Waals surface area (Å²) in [5, 5.41) is 19.4. The number of ether oxygens (including phenoxy) is 2. The van der Waals surface area contributed by atoms with Gasteiger partial charge in [-0.3, -0.25) is 19.2 Å². The number of aromatic nitrogens is 1. The lowest BCUT2D eigenvalue weighted by Gasteiger charge is -2.35. The molecule has 6 N–H and O–H groups in total. The van der Waals surface area contributed by atoms with E-state index in [1.165, 1.54) is 4.90 Å². The third-order valence-corrected chi connectivity index (χ3v) is 11.4. The van der Waals surface area contributed by atoms with Crippen LogP contribution in [0, 0.1) is 19.3 Å². The maximum Gasteiger partial charge on any atom is 0.407 e. The third kappa shape index (κ3) is 15.4. The summed E-state index contributed by atoms with van der Waals surface area (Å²) >= 11 is 1.57.